The van der Waals surface area contributed by atoms with Gasteiger partial charge in [-0.1, -0.05) is 26.2 Å². The van der Waals surface area contributed by atoms with Gasteiger partial charge < -0.3 is 5.73 Å². The van der Waals surface area contributed by atoms with Crippen molar-refractivity contribution in [1.29, 1.82) is 0 Å². The molecule has 0 spiro atoms. The monoisotopic (exact) mass is 224 g/mol. The zero-order chi connectivity index (χ0) is 11.6. The van der Waals surface area contributed by atoms with Crippen molar-refractivity contribution < 1.29 is 0 Å². The molecule has 2 N–H and O–H groups in total. The fourth-order valence-electron chi connectivity index (χ4n) is 3.77. The second kappa shape index (κ2) is 5.05. The summed E-state index contributed by atoms with van der Waals surface area (Å²) >= 11 is 0. The Morgan fingerprint density at radius 1 is 1.12 bits per heavy atom. The maximum Gasteiger partial charge on any atom is 0.0334 e. The molecule has 1 saturated heterocycles. The van der Waals surface area contributed by atoms with Crippen molar-refractivity contribution in [3.05, 3.63) is 0 Å². The zero-order valence-electron chi connectivity index (χ0n) is 11.0. The lowest BCUT2D eigenvalue weighted by atomic mass is 9.77. The first-order chi connectivity index (χ1) is 7.68. The van der Waals surface area contributed by atoms with E-state index in [4.69, 9.17) is 5.73 Å². The predicted octanol–water partition coefficient (Wildman–Crippen LogP) is 2.77. The highest BCUT2D eigenvalue weighted by Gasteiger charge is 2.40. The van der Waals surface area contributed by atoms with Crippen molar-refractivity contribution >= 4 is 0 Å². The molecule has 2 rings (SSSR count). The van der Waals surface area contributed by atoms with Crippen LogP contribution in [0, 0.1) is 5.92 Å². The lowest BCUT2D eigenvalue weighted by molar-refractivity contribution is -0.0122. The number of nitrogens with two attached hydrogens (primary N) is 1. The summed E-state index contributed by atoms with van der Waals surface area (Å²) in [5.41, 5.74) is 6.49. The van der Waals surface area contributed by atoms with Crippen molar-refractivity contribution in [2.75, 3.05) is 13.1 Å². The first-order valence-corrected chi connectivity index (χ1v) is 7.15. The van der Waals surface area contributed by atoms with E-state index in [-0.39, 0.29) is 0 Å². The summed E-state index contributed by atoms with van der Waals surface area (Å²) in [4.78, 5) is 2.76. The molecule has 0 radical (unpaired) electrons. The van der Waals surface area contributed by atoms with Crippen molar-refractivity contribution in [1.82, 2.24) is 4.90 Å². The van der Waals surface area contributed by atoms with Gasteiger partial charge in [0.25, 0.3) is 0 Å². The molecule has 0 amide bonds. The lowest BCUT2D eigenvalue weighted by Crippen LogP contribution is -2.60. The average Bonchev–Trinajstić information content (AvgIpc) is 2.33. The van der Waals surface area contributed by atoms with Gasteiger partial charge in [0.2, 0.25) is 0 Å². The molecule has 2 nitrogen and oxygen atoms in total. The van der Waals surface area contributed by atoms with Crippen LogP contribution in [-0.4, -0.2) is 29.6 Å². The summed E-state index contributed by atoms with van der Waals surface area (Å²) in [5, 5.41) is 0. The molecule has 0 bridgehead atoms. The van der Waals surface area contributed by atoms with Gasteiger partial charge in [0, 0.05) is 24.7 Å². The van der Waals surface area contributed by atoms with Gasteiger partial charge in [-0.2, -0.15) is 0 Å². The number of hydrogen-bond donors (Lipinski definition) is 1. The maximum absolute atomic E-state index is 6.14. The Morgan fingerprint density at radius 2 is 1.81 bits per heavy atom. The van der Waals surface area contributed by atoms with E-state index in [1.165, 1.54) is 51.5 Å². The molecule has 16 heavy (non-hydrogen) atoms. The Hall–Kier alpha value is -0.0800. The summed E-state index contributed by atoms with van der Waals surface area (Å²) in [6.07, 6.45) is 9.62. The number of hydrogen-bond acceptors (Lipinski definition) is 2. The predicted molar refractivity (Wildman–Crippen MR) is 69.4 cm³/mol. The van der Waals surface area contributed by atoms with Crippen LogP contribution in [0.3, 0.4) is 0 Å². The normalized spacial score (nSPS) is 36.2. The molecule has 1 aliphatic heterocycles. The Balaban J connectivity index is 2.11. The Labute approximate surface area is 101 Å². The van der Waals surface area contributed by atoms with Crippen LogP contribution in [0.2, 0.25) is 0 Å². The summed E-state index contributed by atoms with van der Waals surface area (Å²) < 4.78 is 0. The fourth-order valence-corrected chi connectivity index (χ4v) is 3.77. The molecule has 2 heteroatoms. The Kier molecular flexibility index (Phi) is 3.91. The quantitative estimate of drug-likeness (QED) is 0.781. The molecule has 1 heterocycles. The van der Waals surface area contributed by atoms with E-state index in [2.05, 4.69) is 18.7 Å². The highest BCUT2D eigenvalue weighted by atomic mass is 15.2. The second-order valence-corrected chi connectivity index (χ2v) is 6.17. The van der Waals surface area contributed by atoms with Crippen LogP contribution >= 0.6 is 0 Å². The molecule has 1 saturated carbocycles. The topological polar surface area (TPSA) is 29.3 Å². The van der Waals surface area contributed by atoms with Gasteiger partial charge in [-0.3, -0.25) is 4.90 Å². The van der Waals surface area contributed by atoms with Crippen LogP contribution in [0.4, 0.5) is 0 Å². The van der Waals surface area contributed by atoms with Gasteiger partial charge in [-0.15, -0.1) is 0 Å². The molecule has 2 atom stereocenters. The lowest BCUT2D eigenvalue weighted by Gasteiger charge is -2.52. The van der Waals surface area contributed by atoms with Gasteiger partial charge in [-0.05, 0) is 38.5 Å². The third-order valence-electron chi connectivity index (χ3n) is 4.89. The van der Waals surface area contributed by atoms with Crippen LogP contribution in [0.25, 0.3) is 0 Å². The molecule has 2 aliphatic rings. The van der Waals surface area contributed by atoms with Crippen LogP contribution < -0.4 is 5.73 Å². The van der Waals surface area contributed by atoms with Crippen LogP contribution in [-0.2, 0) is 0 Å². The third-order valence-corrected chi connectivity index (χ3v) is 4.89. The summed E-state index contributed by atoms with van der Waals surface area (Å²) in [7, 11) is 0. The van der Waals surface area contributed by atoms with Gasteiger partial charge in [0.05, 0.1) is 0 Å². The minimum absolute atomic E-state index is 0.354. The van der Waals surface area contributed by atoms with Gasteiger partial charge >= 0.3 is 0 Å². The Morgan fingerprint density at radius 3 is 2.44 bits per heavy atom. The summed E-state index contributed by atoms with van der Waals surface area (Å²) in [5.74, 6) is 0.863. The van der Waals surface area contributed by atoms with E-state index in [0.717, 1.165) is 18.5 Å². The SMILES string of the molecule is CC1CCC(C)N(C2(CN)CCCCC2)C1. The Bertz CT molecular complexity index is 221. The van der Waals surface area contributed by atoms with Crippen molar-refractivity contribution in [2.24, 2.45) is 11.7 Å². The van der Waals surface area contributed by atoms with Gasteiger partial charge in [-0.25, -0.2) is 0 Å². The molecular formula is C14H28N2. The molecule has 0 aromatic carbocycles. The first-order valence-electron chi connectivity index (χ1n) is 7.15. The first kappa shape index (κ1) is 12.4. The number of piperidine rings is 1. The van der Waals surface area contributed by atoms with E-state index < -0.39 is 0 Å². The maximum atomic E-state index is 6.14. The van der Waals surface area contributed by atoms with E-state index in [1.54, 1.807) is 0 Å². The number of rotatable bonds is 2. The molecule has 1 aliphatic carbocycles. The van der Waals surface area contributed by atoms with Crippen molar-refractivity contribution in [3.63, 3.8) is 0 Å². The van der Waals surface area contributed by atoms with Gasteiger partial charge in [0.15, 0.2) is 0 Å². The van der Waals surface area contributed by atoms with Gasteiger partial charge in [0.1, 0.15) is 0 Å². The average molecular weight is 224 g/mol. The molecule has 2 unspecified atom stereocenters. The third kappa shape index (κ3) is 2.28. The zero-order valence-corrected chi connectivity index (χ0v) is 11.0. The summed E-state index contributed by atoms with van der Waals surface area (Å²) in [6.45, 7) is 6.94. The second-order valence-electron chi connectivity index (χ2n) is 6.17. The largest absolute Gasteiger partial charge is 0.329 e. The minimum atomic E-state index is 0.354. The fraction of sp³-hybridized carbons (Fsp3) is 1.00. The molecular weight excluding hydrogens is 196 g/mol. The number of likely N-dealkylation sites (tertiary alicyclic amines) is 1. The van der Waals surface area contributed by atoms with Crippen molar-refractivity contribution in [3.8, 4) is 0 Å². The number of nitrogens with zero attached hydrogens (tertiary/aromatic N) is 1. The van der Waals surface area contributed by atoms with Crippen LogP contribution in [0.1, 0.15) is 58.8 Å². The van der Waals surface area contributed by atoms with Crippen LogP contribution in [0.5, 0.6) is 0 Å². The van der Waals surface area contributed by atoms with Crippen LogP contribution in [0.15, 0.2) is 0 Å². The highest BCUT2D eigenvalue weighted by molar-refractivity contribution is 4.98. The summed E-state index contributed by atoms with van der Waals surface area (Å²) in [6, 6.07) is 0.748. The standard InChI is InChI=1S/C14H28N2/c1-12-6-7-13(2)16(10-12)14(11-15)8-4-3-5-9-14/h12-13H,3-11,15H2,1-2H3. The molecule has 0 aromatic heterocycles. The molecule has 94 valence electrons. The minimum Gasteiger partial charge on any atom is -0.329 e. The highest BCUT2D eigenvalue weighted by Crippen LogP contribution is 2.37. The van der Waals surface area contributed by atoms with E-state index >= 15 is 0 Å². The smallest absolute Gasteiger partial charge is 0.0334 e. The van der Waals surface area contributed by atoms with E-state index in [9.17, 15) is 0 Å². The van der Waals surface area contributed by atoms with Crippen molar-refractivity contribution in [2.45, 2.75) is 70.4 Å². The molecule has 2 fully saturated rings. The van der Waals surface area contributed by atoms with E-state index in [0.29, 0.717) is 5.54 Å². The molecule has 0 aromatic rings. The van der Waals surface area contributed by atoms with E-state index in [1.807, 2.05) is 0 Å².